The van der Waals surface area contributed by atoms with E-state index in [1.807, 2.05) is 0 Å². The number of aromatic nitrogens is 2. The van der Waals surface area contributed by atoms with Gasteiger partial charge in [-0.25, -0.2) is 18.6 Å². The molecule has 2 aromatic heterocycles. The predicted molar refractivity (Wildman–Crippen MR) is 143 cm³/mol. The van der Waals surface area contributed by atoms with Gasteiger partial charge in [0.15, 0.2) is 11.6 Å². The summed E-state index contributed by atoms with van der Waals surface area (Å²) in [6, 6.07) is 13.4. The van der Waals surface area contributed by atoms with E-state index in [4.69, 9.17) is 23.2 Å². The normalized spacial score (nSPS) is 13.6. The van der Waals surface area contributed by atoms with E-state index in [1.165, 1.54) is 18.2 Å². The van der Waals surface area contributed by atoms with Crippen molar-refractivity contribution in [3.8, 4) is 6.07 Å². The third-order valence-electron chi connectivity index (χ3n) is 6.52. The summed E-state index contributed by atoms with van der Waals surface area (Å²) in [6.07, 6.45) is 5.47. The number of nitriles is 1. The molecule has 0 radical (unpaired) electrons. The molecular formula is C28H21Cl2F2N5O. The van der Waals surface area contributed by atoms with Crippen molar-refractivity contribution in [2.45, 2.75) is 19.5 Å². The molecule has 38 heavy (non-hydrogen) atoms. The summed E-state index contributed by atoms with van der Waals surface area (Å²) in [5.41, 5.74) is 4.00. The Morgan fingerprint density at radius 2 is 2.00 bits per heavy atom. The van der Waals surface area contributed by atoms with Crippen LogP contribution in [0.4, 0.5) is 13.6 Å². The molecular weight excluding hydrogens is 531 g/mol. The minimum absolute atomic E-state index is 0.118. The number of hydrogen-bond donors (Lipinski definition) is 1. The lowest BCUT2D eigenvalue weighted by Crippen LogP contribution is -2.34. The van der Waals surface area contributed by atoms with Gasteiger partial charge in [-0.2, -0.15) is 5.26 Å². The number of rotatable bonds is 5. The first-order valence-corrected chi connectivity index (χ1v) is 12.6. The average molecular weight is 552 g/mol. The van der Waals surface area contributed by atoms with E-state index in [1.54, 1.807) is 47.2 Å². The monoisotopic (exact) mass is 551 g/mol. The second-order valence-corrected chi connectivity index (χ2v) is 9.70. The number of benzene rings is 2. The molecule has 2 aromatic carbocycles. The van der Waals surface area contributed by atoms with Crippen molar-refractivity contribution >= 4 is 46.2 Å². The number of amides is 1. The van der Waals surface area contributed by atoms with Gasteiger partial charge in [0.2, 0.25) is 0 Å². The van der Waals surface area contributed by atoms with Crippen LogP contribution in [0.15, 0.2) is 54.7 Å². The SMILES string of the molecule is N#Cc1ccc2c(c1)c1c(n2C(=O)NCc2ccnc(Cl)c2)CCN(CC=Cc2ccc(Cl)c(F)c2F)C1. The number of fused-ring (bicyclic) bond motifs is 3. The van der Waals surface area contributed by atoms with Crippen LogP contribution in [0.2, 0.25) is 10.2 Å². The average Bonchev–Trinajstić information content (AvgIpc) is 3.24. The fourth-order valence-corrected chi connectivity index (χ4v) is 5.02. The van der Waals surface area contributed by atoms with E-state index < -0.39 is 11.6 Å². The van der Waals surface area contributed by atoms with Crippen LogP contribution in [0.5, 0.6) is 0 Å². The predicted octanol–water partition coefficient (Wildman–Crippen LogP) is 6.32. The van der Waals surface area contributed by atoms with Crippen LogP contribution in [0, 0.1) is 23.0 Å². The number of pyridine rings is 1. The summed E-state index contributed by atoms with van der Waals surface area (Å²) in [4.78, 5) is 19.4. The number of carbonyl (C=O) groups is 1. The van der Waals surface area contributed by atoms with Crippen molar-refractivity contribution in [3.05, 3.63) is 104 Å². The fourth-order valence-electron chi connectivity index (χ4n) is 4.68. The van der Waals surface area contributed by atoms with Crippen LogP contribution in [0.3, 0.4) is 0 Å². The van der Waals surface area contributed by atoms with Crippen molar-refractivity contribution in [3.63, 3.8) is 0 Å². The molecule has 0 unspecified atom stereocenters. The second-order valence-electron chi connectivity index (χ2n) is 8.90. The molecule has 192 valence electrons. The highest BCUT2D eigenvalue weighted by molar-refractivity contribution is 6.30. The van der Waals surface area contributed by atoms with E-state index in [9.17, 15) is 18.8 Å². The van der Waals surface area contributed by atoms with Crippen LogP contribution in [0.1, 0.15) is 27.9 Å². The first kappa shape index (κ1) is 25.9. The minimum atomic E-state index is -1.07. The maximum Gasteiger partial charge on any atom is 0.326 e. The molecule has 0 saturated carbocycles. The number of nitrogens with zero attached hydrogens (tertiary/aromatic N) is 4. The Morgan fingerprint density at radius 3 is 2.79 bits per heavy atom. The maximum absolute atomic E-state index is 14.1. The highest BCUT2D eigenvalue weighted by Crippen LogP contribution is 2.32. The minimum Gasteiger partial charge on any atom is -0.333 e. The van der Waals surface area contributed by atoms with Crippen molar-refractivity contribution < 1.29 is 13.6 Å². The van der Waals surface area contributed by atoms with Gasteiger partial charge >= 0.3 is 6.03 Å². The van der Waals surface area contributed by atoms with E-state index in [2.05, 4.69) is 21.3 Å². The zero-order valence-electron chi connectivity index (χ0n) is 20.0. The molecule has 1 amide bonds. The number of hydrogen-bond acceptors (Lipinski definition) is 4. The van der Waals surface area contributed by atoms with Crippen molar-refractivity contribution in [2.24, 2.45) is 0 Å². The lowest BCUT2D eigenvalue weighted by atomic mass is 10.0. The highest BCUT2D eigenvalue weighted by Gasteiger charge is 2.26. The van der Waals surface area contributed by atoms with Crippen LogP contribution in [-0.2, 0) is 19.5 Å². The zero-order chi connectivity index (χ0) is 26.8. The molecule has 0 fully saturated rings. The highest BCUT2D eigenvalue weighted by atomic mass is 35.5. The molecule has 1 N–H and O–H groups in total. The Kier molecular flexibility index (Phi) is 7.43. The van der Waals surface area contributed by atoms with Crippen molar-refractivity contribution in [1.29, 1.82) is 5.26 Å². The van der Waals surface area contributed by atoms with Gasteiger partial charge in [0.1, 0.15) is 5.15 Å². The summed E-state index contributed by atoms with van der Waals surface area (Å²) in [6.45, 7) is 1.96. The Morgan fingerprint density at radius 1 is 1.16 bits per heavy atom. The van der Waals surface area contributed by atoms with Crippen LogP contribution in [-0.4, -0.2) is 33.6 Å². The first-order valence-electron chi connectivity index (χ1n) is 11.8. The number of carbonyl (C=O) groups excluding carboxylic acids is 1. The molecule has 0 atom stereocenters. The third-order valence-corrected chi connectivity index (χ3v) is 7.02. The first-order chi connectivity index (χ1) is 18.4. The van der Waals surface area contributed by atoms with Gasteiger partial charge in [0.25, 0.3) is 0 Å². The smallest absolute Gasteiger partial charge is 0.326 e. The van der Waals surface area contributed by atoms with Crippen LogP contribution >= 0.6 is 23.2 Å². The Balaban J connectivity index is 1.39. The molecule has 1 aliphatic rings. The lowest BCUT2D eigenvalue weighted by Gasteiger charge is -2.27. The molecule has 1 aliphatic heterocycles. The van der Waals surface area contributed by atoms with Crippen LogP contribution < -0.4 is 5.32 Å². The van der Waals surface area contributed by atoms with Gasteiger partial charge in [0, 0.05) is 55.4 Å². The lowest BCUT2D eigenvalue weighted by molar-refractivity contribution is 0.240. The summed E-state index contributed by atoms with van der Waals surface area (Å²) in [5.74, 6) is -2.05. The molecule has 5 rings (SSSR count). The molecule has 0 spiro atoms. The molecule has 10 heteroatoms. The maximum atomic E-state index is 14.1. The standard InChI is InChI=1S/C28H21Cl2F2N5O/c29-22-5-4-19(26(31)27(22)32)2-1-10-36-11-8-24-21(16-36)20-12-17(14-33)3-6-23(20)37(24)28(38)35-15-18-7-9-34-25(30)13-18/h1-7,9,12-13H,8,10-11,15-16H2,(H,35,38). The van der Waals surface area contributed by atoms with E-state index >= 15 is 0 Å². The number of nitrogens with one attached hydrogen (secondary N) is 1. The van der Waals surface area contributed by atoms with Crippen molar-refractivity contribution in [1.82, 2.24) is 19.8 Å². The summed E-state index contributed by atoms with van der Waals surface area (Å²) >= 11 is 11.6. The fraction of sp³-hybridized carbons (Fsp3) is 0.179. The van der Waals surface area contributed by atoms with Crippen molar-refractivity contribution in [2.75, 3.05) is 13.1 Å². The van der Waals surface area contributed by atoms with E-state index in [-0.39, 0.29) is 23.2 Å². The Labute approximate surface area is 227 Å². The van der Waals surface area contributed by atoms with Gasteiger partial charge in [-0.05, 0) is 47.5 Å². The molecule has 6 nitrogen and oxygen atoms in total. The molecule has 0 saturated heterocycles. The molecule has 0 aliphatic carbocycles. The Hall–Kier alpha value is -3.77. The largest absolute Gasteiger partial charge is 0.333 e. The van der Waals surface area contributed by atoms with Gasteiger partial charge in [0.05, 0.1) is 22.2 Å². The summed E-state index contributed by atoms with van der Waals surface area (Å²) in [5, 5.41) is 13.3. The summed E-state index contributed by atoms with van der Waals surface area (Å²) < 4.78 is 29.6. The Bertz CT molecular complexity index is 1630. The van der Waals surface area contributed by atoms with Gasteiger partial charge < -0.3 is 5.32 Å². The third kappa shape index (κ3) is 5.14. The quantitative estimate of drug-likeness (QED) is 0.232. The zero-order valence-corrected chi connectivity index (χ0v) is 21.5. The summed E-state index contributed by atoms with van der Waals surface area (Å²) in [7, 11) is 0. The van der Waals surface area contributed by atoms with Gasteiger partial charge in [-0.1, -0.05) is 41.4 Å². The van der Waals surface area contributed by atoms with Gasteiger partial charge in [-0.3, -0.25) is 9.47 Å². The molecule has 4 aromatic rings. The molecule has 0 bridgehead atoms. The van der Waals surface area contributed by atoms with Crippen LogP contribution in [0.25, 0.3) is 17.0 Å². The van der Waals surface area contributed by atoms with E-state index in [0.717, 1.165) is 27.7 Å². The van der Waals surface area contributed by atoms with E-state index in [0.29, 0.717) is 36.8 Å². The van der Waals surface area contributed by atoms with Gasteiger partial charge in [-0.15, -0.1) is 0 Å². The number of halogens is 4. The molecule has 3 heterocycles. The second kappa shape index (κ2) is 10.9. The topological polar surface area (TPSA) is 74.0 Å².